The number of para-hydroxylation sites is 1. The van der Waals surface area contributed by atoms with Crippen molar-refractivity contribution in [2.24, 2.45) is 11.7 Å². The van der Waals surface area contributed by atoms with Gasteiger partial charge in [0.2, 0.25) is 0 Å². The topological polar surface area (TPSA) is 38.5 Å². The first-order valence-electron chi connectivity index (χ1n) is 6.04. The van der Waals surface area contributed by atoms with Crippen molar-refractivity contribution < 1.29 is 4.74 Å². The zero-order valence-corrected chi connectivity index (χ0v) is 9.43. The largest absolute Gasteiger partial charge is 0.491 e. The molecular formula is C13H18N2O. The van der Waals surface area contributed by atoms with Gasteiger partial charge in [0, 0.05) is 12.1 Å². The van der Waals surface area contributed by atoms with E-state index in [1.165, 1.54) is 12.0 Å². The molecule has 1 aromatic rings. The second kappa shape index (κ2) is 4.07. The Morgan fingerprint density at radius 3 is 3.06 bits per heavy atom. The minimum Gasteiger partial charge on any atom is -0.491 e. The molecule has 2 N–H and O–H groups in total. The predicted octanol–water partition coefficient (Wildman–Crippen LogP) is 1.40. The van der Waals surface area contributed by atoms with Crippen LogP contribution in [0.4, 0.5) is 0 Å². The zero-order chi connectivity index (χ0) is 11.0. The van der Waals surface area contributed by atoms with Crippen LogP contribution in [0.2, 0.25) is 0 Å². The number of benzene rings is 1. The Labute approximate surface area is 96.2 Å². The lowest BCUT2D eigenvalue weighted by Gasteiger charge is -2.22. The fourth-order valence-corrected chi connectivity index (χ4v) is 2.79. The molecule has 0 radical (unpaired) electrons. The number of hydrogen-bond donors (Lipinski definition) is 1. The maximum Gasteiger partial charge on any atom is 0.124 e. The number of nitrogens with zero attached hydrogens (tertiary/aromatic N) is 1. The molecule has 0 bridgehead atoms. The lowest BCUT2D eigenvalue weighted by Crippen LogP contribution is -2.28. The van der Waals surface area contributed by atoms with Gasteiger partial charge in [0.05, 0.1) is 6.04 Å². The van der Waals surface area contributed by atoms with Crippen molar-refractivity contribution in [1.82, 2.24) is 4.90 Å². The molecule has 3 heteroatoms. The molecule has 0 saturated carbocycles. The van der Waals surface area contributed by atoms with E-state index in [0.717, 1.165) is 32.0 Å². The summed E-state index contributed by atoms with van der Waals surface area (Å²) in [5.74, 6) is 1.73. The van der Waals surface area contributed by atoms with Crippen molar-refractivity contribution in [1.29, 1.82) is 0 Å². The molecule has 0 spiro atoms. The molecule has 0 aliphatic carbocycles. The number of likely N-dealkylation sites (tertiary alicyclic amines) is 1. The van der Waals surface area contributed by atoms with E-state index < -0.39 is 0 Å². The van der Waals surface area contributed by atoms with Gasteiger partial charge >= 0.3 is 0 Å². The monoisotopic (exact) mass is 218 g/mol. The maximum atomic E-state index is 5.73. The number of hydrogen-bond acceptors (Lipinski definition) is 3. The molecule has 2 heterocycles. The summed E-state index contributed by atoms with van der Waals surface area (Å²) in [4.78, 5) is 2.52. The predicted molar refractivity (Wildman–Crippen MR) is 63.4 cm³/mol. The average molecular weight is 218 g/mol. The highest BCUT2D eigenvalue weighted by atomic mass is 16.5. The Kier molecular flexibility index (Phi) is 2.58. The fourth-order valence-electron chi connectivity index (χ4n) is 2.79. The normalized spacial score (nSPS) is 29.1. The number of nitrogens with two attached hydrogens (primary N) is 1. The molecule has 2 atom stereocenters. The van der Waals surface area contributed by atoms with E-state index in [2.05, 4.69) is 23.1 Å². The van der Waals surface area contributed by atoms with Gasteiger partial charge in [-0.15, -0.1) is 0 Å². The maximum absolute atomic E-state index is 5.73. The lowest BCUT2D eigenvalue weighted by atomic mass is 10.1. The standard InChI is InChI=1S/C13H18N2O/c14-7-10-5-6-15(8-10)12-9-16-13-4-2-1-3-11(12)13/h1-4,10,12H,5-9,14H2. The van der Waals surface area contributed by atoms with Crippen LogP contribution in [0.25, 0.3) is 0 Å². The summed E-state index contributed by atoms with van der Waals surface area (Å²) in [6, 6.07) is 8.83. The highest BCUT2D eigenvalue weighted by Crippen LogP contribution is 2.37. The van der Waals surface area contributed by atoms with Crippen molar-refractivity contribution in [2.45, 2.75) is 12.5 Å². The van der Waals surface area contributed by atoms with Crippen molar-refractivity contribution in [2.75, 3.05) is 26.2 Å². The Bertz CT molecular complexity index is 380. The van der Waals surface area contributed by atoms with E-state index in [4.69, 9.17) is 10.5 Å². The summed E-state index contributed by atoms with van der Waals surface area (Å²) in [7, 11) is 0. The van der Waals surface area contributed by atoms with Gasteiger partial charge in [-0.1, -0.05) is 18.2 Å². The van der Waals surface area contributed by atoms with Crippen LogP contribution < -0.4 is 10.5 Å². The first-order valence-corrected chi connectivity index (χ1v) is 6.04. The van der Waals surface area contributed by atoms with Crippen LogP contribution in [0.3, 0.4) is 0 Å². The molecule has 3 nitrogen and oxygen atoms in total. The molecule has 1 aromatic carbocycles. The van der Waals surface area contributed by atoms with Gasteiger partial charge in [-0.3, -0.25) is 4.90 Å². The third-order valence-electron chi connectivity index (χ3n) is 3.77. The summed E-state index contributed by atoms with van der Waals surface area (Å²) >= 11 is 0. The van der Waals surface area contributed by atoms with Crippen LogP contribution >= 0.6 is 0 Å². The van der Waals surface area contributed by atoms with Crippen LogP contribution in [-0.4, -0.2) is 31.1 Å². The van der Waals surface area contributed by atoms with Gasteiger partial charge in [0.25, 0.3) is 0 Å². The van der Waals surface area contributed by atoms with E-state index in [9.17, 15) is 0 Å². The first-order chi connectivity index (χ1) is 7.88. The molecule has 0 amide bonds. The van der Waals surface area contributed by atoms with Crippen LogP contribution in [0.15, 0.2) is 24.3 Å². The van der Waals surface area contributed by atoms with Crippen molar-refractivity contribution >= 4 is 0 Å². The third kappa shape index (κ3) is 1.60. The number of fused-ring (bicyclic) bond motifs is 1. The Hall–Kier alpha value is -1.06. The fraction of sp³-hybridized carbons (Fsp3) is 0.538. The molecule has 0 aromatic heterocycles. The summed E-state index contributed by atoms with van der Waals surface area (Å²) in [6.07, 6.45) is 1.23. The van der Waals surface area contributed by atoms with Crippen LogP contribution in [-0.2, 0) is 0 Å². The Morgan fingerprint density at radius 2 is 2.25 bits per heavy atom. The molecule has 2 aliphatic rings. The summed E-state index contributed by atoms with van der Waals surface area (Å²) in [5, 5.41) is 0. The average Bonchev–Trinajstić information content (AvgIpc) is 2.94. The summed E-state index contributed by atoms with van der Waals surface area (Å²) in [5.41, 5.74) is 7.08. The number of ether oxygens (including phenoxy) is 1. The highest BCUT2D eigenvalue weighted by molar-refractivity contribution is 5.39. The molecule has 1 saturated heterocycles. The highest BCUT2D eigenvalue weighted by Gasteiger charge is 2.33. The van der Waals surface area contributed by atoms with Crippen LogP contribution in [0.5, 0.6) is 5.75 Å². The second-order valence-corrected chi connectivity index (χ2v) is 4.75. The summed E-state index contributed by atoms with van der Waals surface area (Å²) < 4.78 is 5.72. The van der Waals surface area contributed by atoms with Gasteiger partial charge in [-0.05, 0) is 31.5 Å². The molecule has 3 rings (SSSR count). The van der Waals surface area contributed by atoms with Crippen LogP contribution in [0, 0.1) is 5.92 Å². The first kappa shape index (κ1) is 10.1. The van der Waals surface area contributed by atoms with Gasteiger partial charge < -0.3 is 10.5 Å². The Balaban J connectivity index is 1.78. The lowest BCUT2D eigenvalue weighted by molar-refractivity contribution is 0.190. The van der Waals surface area contributed by atoms with Gasteiger partial charge in [-0.2, -0.15) is 0 Å². The Morgan fingerprint density at radius 1 is 1.38 bits per heavy atom. The van der Waals surface area contributed by atoms with E-state index in [1.54, 1.807) is 0 Å². The van der Waals surface area contributed by atoms with Crippen molar-refractivity contribution in [3.63, 3.8) is 0 Å². The SMILES string of the molecule is NCC1CCN(C2COc3ccccc32)C1. The molecule has 2 unspecified atom stereocenters. The smallest absolute Gasteiger partial charge is 0.124 e. The van der Waals surface area contributed by atoms with Gasteiger partial charge in [-0.25, -0.2) is 0 Å². The third-order valence-corrected chi connectivity index (χ3v) is 3.77. The quantitative estimate of drug-likeness (QED) is 0.815. The minimum atomic E-state index is 0.452. The molecule has 16 heavy (non-hydrogen) atoms. The number of rotatable bonds is 2. The molecular weight excluding hydrogens is 200 g/mol. The minimum absolute atomic E-state index is 0.452. The summed E-state index contributed by atoms with van der Waals surface area (Å²) in [6.45, 7) is 3.89. The molecule has 1 fully saturated rings. The second-order valence-electron chi connectivity index (χ2n) is 4.75. The van der Waals surface area contributed by atoms with Gasteiger partial charge in [0.15, 0.2) is 0 Å². The van der Waals surface area contributed by atoms with Gasteiger partial charge in [0.1, 0.15) is 12.4 Å². The van der Waals surface area contributed by atoms with E-state index >= 15 is 0 Å². The van der Waals surface area contributed by atoms with E-state index in [0.29, 0.717) is 12.0 Å². The molecule has 2 aliphatic heterocycles. The van der Waals surface area contributed by atoms with Crippen molar-refractivity contribution in [3.8, 4) is 5.75 Å². The zero-order valence-electron chi connectivity index (χ0n) is 9.43. The van der Waals surface area contributed by atoms with Crippen LogP contribution in [0.1, 0.15) is 18.0 Å². The van der Waals surface area contributed by atoms with E-state index in [-0.39, 0.29) is 0 Å². The molecule has 86 valence electrons. The van der Waals surface area contributed by atoms with E-state index in [1.807, 2.05) is 6.07 Å². The van der Waals surface area contributed by atoms with Crippen molar-refractivity contribution in [3.05, 3.63) is 29.8 Å².